The van der Waals surface area contributed by atoms with Crippen molar-refractivity contribution in [1.29, 1.82) is 0 Å². The first-order valence-corrected chi connectivity index (χ1v) is 9.90. The number of piperidine rings is 1. The first kappa shape index (κ1) is 20.0. The molecule has 4 rings (SSSR count). The lowest BCUT2D eigenvalue weighted by Gasteiger charge is -2.45. The number of rotatable bonds is 3. The third-order valence-corrected chi connectivity index (χ3v) is 6.57. The Morgan fingerprint density at radius 2 is 1.93 bits per heavy atom. The molecule has 3 fully saturated rings. The van der Waals surface area contributed by atoms with Crippen LogP contribution in [0, 0.1) is 11.3 Å². The molecule has 2 heterocycles. The molecule has 2 aliphatic heterocycles. The predicted molar refractivity (Wildman–Crippen MR) is 97.3 cm³/mol. The van der Waals surface area contributed by atoms with E-state index in [4.69, 9.17) is 9.47 Å². The number of cyclic esters (lactones) is 1. The smallest absolute Gasteiger partial charge is 0.419 e. The summed E-state index contributed by atoms with van der Waals surface area (Å²) >= 11 is 0. The number of esters is 1. The van der Waals surface area contributed by atoms with Crippen LogP contribution in [0.5, 0.6) is 5.75 Å². The van der Waals surface area contributed by atoms with E-state index in [0.717, 1.165) is 0 Å². The second-order valence-electron chi connectivity index (χ2n) is 8.50. The van der Waals surface area contributed by atoms with Crippen LogP contribution in [0.4, 0.5) is 13.2 Å². The Balaban J connectivity index is 1.35. The molecule has 0 atom stereocenters. The molecule has 0 radical (unpaired) electrons. The summed E-state index contributed by atoms with van der Waals surface area (Å²) in [5.41, 5.74) is -0.272. The van der Waals surface area contributed by atoms with Crippen molar-refractivity contribution in [2.75, 3.05) is 26.8 Å². The van der Waals surface area contributed by atoms with Crippen molar-refractivity contribution in [1.82, 2.24) is 4.90 Å². The summed E-state index contributed by atoms with van der Waals surface area (Å²) in [6.45, 7) is 1.49. The Labute approximate surface area is 167 Å². The number of hydrogen-bond donors (Lipinski definition) is 0. The van der Waals surface area contributed by atoms with Gasteiger partial charge in [-0.05, 0) is 49.3 Å². The van der Waals surface area contributed by atoms with E-state index < -0.39 is 11.7 Å². The van der Waals surface area contributed by atoms with E-state index in [1.54, 1.807) is 6.07 Å². The minimum atomic E-state index is -4.47. The molecule has 29 heavy (non-hydrogen) atoms. The Bertz CT molecular complexity index is 809. The largest absolute Gasteiger partial charge is 0.496 e. The van der Waals surface area contributed by atoms with E-state index in [1.807, 2.05) is 4.90 Å². The molecule has 2 saturated heterocycles. The van der Waals surface area contributed by atoms with E-state index in [0.29, 0.717) is 57.4 Å². The fraction of sp³-hybridized carbons (Fsp3) is 0.619. The summed E-state index contributed by atoms with van der Waals surface area (Å²) in [6, 6.07) is 4.23. The second-order valence-corrected chi connectivity index (χ2v) is 8.50. The highest BCUT2D eigenvalue weighted by molar-refractivity contribution is 5.81. The monoisotopic (exact) mass is 411 g/mol. The molecule has 3 aliphatic rings. The van der Waals surface area contributed by atoms with Gasteiger partial charge in [-0.2, -0.15) is 13.2 Å². The standard InChI is InChI=1S/C21H24F3NO4/c1-28-17-3-2-14(8-16(17)21(22,23)24)13-4-6-25(7-5-13)19(27)15-9-20(10-15)11-18(26)29-12-20/h2-3,8,13,15H,4-7,9-12H2,1H3. The number of likely N-dealkylation sites (tertiary alicyclic amines) is 1. The number of nitrogens with zero attached hydrogens (tertiary/aromatic N) is 1. The molecule has 1 spiro atoms. The molecule has 1 aliphatic carbocycles. The minimum Gasteiger partial charge on any atom is -0.496 e. The zero-order valence-electron chi connectivity index (χ0n) is 16.3. The van der Waals surface area contributed by atoms with Crippen LogP contribution in [-0.2, 0) is 20.5 Å². The highest BCUT2D eigenvalue weighted by Crippen LogP contribution is 2.52. The maximum atomic E-state index is 13.3. The molecule has 1 aromatic rings. The first-order valence-electron chi connectivity index (χ1n) is 9.90. The SMILES string of the molecule is COc1ccc(C2CCN(C(=O)C3CC4(COC(=O)C4)C3)CC2)cc1C(F)(F)F. The zero-order chi connectivity index (χ0) is 20.8. The number of hydrogen-bond acceptors (Lipinski definition) is 4. The Morgan fingerprint density at radius 3 is 2.48 bits per heavy atom. The van der Waals surface area contributed by atoms with Crippen molar-refractivity contribution in [2.24, 2.45) is 11.3 Å². The Kier molecular flexibility index (Phi) is 4.99. The number of benzene rings is 1. The number of halogens is 3. The van der Waals surface area contributed by atoms with Crippen molar-refractivity contribution in [3.05, 3.63) is 29.3 Å². The number of methoxy groups -OCH3 is 1. The number of carbonyl (C=O) groups is 2. The minimum absolute atomic E-state index is 0.0142. The van der Waals surface area contributed by atoms with E-state index in [9.17, 15) is 22.8 Å². The summed E-state index contributed by atoms with van der Waals surface area (Å²) in [5, 5.41) is 0. The number of amides is 1. The molecule has 0 N–H and O–H groups in total. The van der Waals surface area contributed by atoms with E-state index in [-0.39, 0.29) is 34.9 Å². The van der Waals surface area contributed by atoms with Gasteiger partial charge in [0.1, 0.15) is 5.75 Å². The summed E-state index contributed by atoms with van der Waals surface area (Å²) < 4.78 is 49.7. The van der Waals surface area contributed by atoms with Gasteiger partial charge in [-0.3, -0.25) is 9.59 Å². The summed E-state index contributed by atoms with van der Waals surface area (Å²) in [6.07, 6.45) is -1.43. The van der Waals surface area contributed by atoms with Gasteiger partial charge in [-0.25, -0.2) is 0 Å². The number of alkyl halides is 3. The topological polar surface area (TPSA) is 55.8 Å². The van der Waals surface area contributed by atoms with Crippen molar-refractivity contribution in [2.45, 2.75) is 44.2 Å². The lowest BCUT2D eigenvalue weighted by Crippen LogP contribution is -2.49. The van der Waals surface area contributed by atoms with Crippen molar-refractivity contribution < 1.29 is 32.2 Å². The van der Waals surface area contributed by atoms with E-state index >= 15 is 0 Å². The van der Waals surface area contributed by atoms with Crippen LogP contribution in [0.15, 0.2) is 18.2 Å². The molecule has 0 bridgehead atoms. The van der Waals surface area contributed by atoms with E-state index in [2.05, 4.69) is 0 Å². The predicted octanol–water partition coefficient (Wildman–Crippen LogP) is 3.76. The second kappa shape index (κ2) is 7.22. The third-order valence-electron chi connectivity index (χ3n) is 6.57. The van der Waals surface area contributed by atoms with Crippen molar-refractivity contribution in [3.8, 4) is 5.75 Å². The van der Waals surface area contributed by atoms with Crippen LogP contribution < -0.4 is 4.74 Å². The molecule has 8 heteroatoms. The van der Waals surface area contributed by atoms with Gasteiger partial charge in [0.15, 0.2) is 0 Å². The molecule has 0 unspecified atom stereocenters. The Morgan fingerprint density at radius 1 is 1.24 bits per heavy atom. The molecule has 158 valence electrons. The maximum absolute atomic E-state index is 13.3. The lowest BCUT2D eigenvalue weighted by molar-refractivity contribution is -0.144. The van der Waals surface area contributed by atoms with Gasteiger partial charge < -0.3 is 14.4 Å². The average Bonchev–Trinajstić information content (AvgIpc) is 3.07. The van der Waals surface area contributed by atoms with Gasteiger partial charge in [0.05, 0.1) is 25.7 Å². The highest BCUT2D eigenvalue weighted by Gasteiger charge is 2.53. The summed E-state index contributed by atoms with van der Waals surface area (Å²) in [4.78, 5) is 25.9. The first-order chi connectivity index (χ1) is 13.7. The van der Waals surface area contributed by atoms with Crippen LogP contribution in [0.1, 0.15) is 49.1 Å². The van der Waals surface area contributed by atoms with Crippen LogP contribution in [0.2, 0.25) is 0 Å². The molecule has 1 aromatic carbocycles. The highest BCUT2D eigenvalue weighted by atomic mass is 19.4. The van der Waals surface area contributed by atoms with Gasteiger partial charge in [0.25, 0.3) is 0 Å². The van der Waals surface area contributed by atoms with Crippen LogP contribution in [0.25, 0.3) is 0 Å². The summed E-state index contributed by atoms with van der Waals surface area (Å²) in [5.74, 6) is -0.353. The molecule has 1 amide bonds. The normalized spacial score (nSPS) is 27.7. The fourth-order valence-corrected chi connectivity index (χ4v) is 4.96. The van der Waals surface area contributed by atoms with Gasteiger partial charge in [0.2, 0.25) is 5.91 Å². The van der Waals surface area contributed by atoms with Gasteiger partial charge >= 0.3 is 12.1 Å². The van der Waals surface area contributed by atoms with Crippen LogP contribution in [0.3, 0.4) is 0 Å². The molecule has 5 nitrogen and oxygen atoms in total. The lowest BCUT2D eigenvalue weighted by atomic mass is 9.61. The Hall–Kier alpha value is -2.25. The van der Waals surface area contributed by atoms with Gasteiger partial charge in [0, 0.05) is 24.4 Å². The van der Waals surface area contributed by atoms with Crippen molar-refractivity contribution >= 4 is 11.9 Å². The van der Waals surface area contributed by atoms with Gasteiger partial charge in [-0.1, -0.05) is 6.07 Å². The average molecular weight is 411 g/mol. The maximum Gasteiger partial charge on any atom is 0.419 e. The van der Waals surface area contributed by atoms with Gasteiger partial charge in [-0.15, -0.1) is 0 Å². The third kappa shape index (κ3) is 3.81. The van der Waals surface area contributed by atoms with Crippen LogP contribution in [-0.4, -0.2) is 43.6 Å². The van der Waals surface area contributed by atoms with Crippen LogP contribution >= 0.6 is 0 Å². The molecule has 0 aromatic heterocycles. The summed E-state index contributed by atoms with van der Waals surface area (Å²) in [7, 11) is 1.23. The van der Waals surface area contributed by atoms with Crippen molar-refractivity contribution in [3.63, 3.8) is 0 Å². The number of carbonyl (C=O) groups excluding carboxylic acids is 2. The number of ether oxygens (including phenoxy) is 2. The fourth-order valence-electron chi connectivity index (χ4n) is 4.96. The molecular weight excluding hydrogens is 387 g/mol. The molecular formula is C21H24F3NO4. The zero-order valence-corrected chi connectivity index (χ0v) is 16.3. The van der Waals surface area contributed by atoms with E-state index in [1.165, 1.54) is 19.2 Å². The molecule has 1 saturated carbocycles. The quantitative estimate of drug-likeness (QED) is 0.711.